The zero-order valence-electron chi connectivity index (χ0n) is 48.2. The van der Waals surface area contributed by atoms with E-state index in [0.717, 1.165) is 61.4 Å². The summed E-state index contributed by atoms with van der Waals surface area (Å²) in [4.78, 5) is 9.64. The molecule has 0 fully saturated rings. The number of rotatable bonds is 10. The van der Waals surface area contributed by atoms with Gasteiger partial charge in [-0.2, -0.15) is 0 Å². The van der Waals surface area contributed by atoms with Crippen LogP contribution in [0.3, 0.4) is 0 Å². The Morgan fingerprint density at radius 1 is 0.534 bits per heavy atom. The number of ether oxygens (including phenoxy) is 1. The number of anilines is 4. The summed E-state index contributed by atoms with van der Waals surface area (Å²) >= 11 is 2.31. The van der Waals surface area contributed by atoms with Crippen LogP contribution in [0.1, 0.15) is 42.9 Å². The van der Waals surface area contributed by atoms with E-state index in [0.29, 0.717) is 32.3 Å². The predicted octanol–water partition coefficient (Wildman–Crippen LogP) is 16.0. The van der Waals surface area contributed by atoms with Gasteiger partial charge in [0.25, 0.3) is 0 Å². The molecule has 0 saturated carbocycles. The Kier molecular flexibility index (Phi) is 9.80. The number of aromatic nitrogens is 3. The van der Waals surface area contributed by atoms with Gasteiger partial charge in [-0.05, 0) is 18.2 Å². The maximum absolute atomic E-state index is 9.22. The Bertz CT molecular complexity index is 4270. The van der Waals surface area contributed by atoms with Crippen LogP contribution in [0.25, 0.3) is 55.8 Å². The van der Waals surface area contributed by atoms with Crippen molar-refractivity contribution in [1.29, 1.82) is 0 Å². The van der Waals surface area contributed by atoms with Gasteiger partial charge in [0.2, 0.25) is 0 Å². The van der Waals surface area contributed by atoms with Crippen molar-refractivity contribution in [3.05, 3.63) is 257 Å². The summed E-state index contributed by atoms with van der Waals surface area (Å²) in [6, 6.07) is 67.3. The van der Waals surface area contributed by atoms with Crippen molar-refractivity contribution in [3.63, 3.8) is 0 Å². The van der Waals surface area contributed by atoms with Crippen molar-refractivity contribution in [2.75, 3.05) is 9.62 Å². The van der Waals surface area contributed by atoms with Gasteiger partial charge in [0, 0.05) is 5.69 Å². The van der Waals surface area contributed by atoms with Gasteiger partial charge in [-0.3, -0.25) is 0 Å². The predicted molar refractivity (Wildman–Crippen MR) is 299 cm³/mol. The van der Waals surface area contributed by atoms with Crippen LogP contribution in [-0.4, -0.2) is 21.1 Å². The first-order chi connectivity index (χ1) is 39.0. The molecular formula is C65H52BN5OPt. The Hall–Kier alpha value is -8.25. The van der Waals surface area contributed by atoms with Gasteiger partial charge < -0.3 is 0 Å². The molecule has 0 spiro atoms. The van der Waals surface area contributed by atoms with Gasteiger partial charge in [0.05, 0.1) is 0 Å². The zero-order chi connectivity index (χ0) is 56.5. The van der Waals surface area contributed by atoms with E-state index >= 15 is 0 Å². The fourth-order valence-corrected chi connectivity index (χ4v) is 11.3. The molecule has 0 radical (unpaired) electrons. The Labute approximate surface area is 449 Å². The average molecular weight is 1130 g/mol. The van der Waals surface area contributed by atoms with E-state index in [9.17, 15) is 2.74 Å². The second-order valence-electron chi connectivity index (χ2n) is 18.9. The van der Waals surface area contributed by atoms with E-state index in [1.165, 1.54) is 6.07 Å². The van der Waals surface area contributed by atoms with Crippen LogP contribution in [-0.2, 0) is 24.8 Å². The molecule has 11 aromatic rings. The SMILES string of the molecule is [2H]c1c([2H])c([2H])c(-c2cccc(-c3ccccc3)c2-n2[c](=[Pt])n(-c3ccc(-c4ccccc4C(C)(C)C)c(Oc4cc(C([2H])([2H])[2H])cc(N5B(c6ccccc6)N(c6ccccc6)c6ccccc65)n4)c3)c3ccccc32)c([2H])c1[2H]. The van der Waals surface area contributed by atoms with Crippen LogP contribution >= 0.6 is 0 Å². The molecule has 0 amide bonds. The Morgan fingerprint density at radius 3 is 1.85 bits per heavy atom. The number of para-hydroxylation sites is 6. The first kappa shape index (κ1) is 37.5. The van der Waals surface area contributed by atoms with Gasteiger partial charge in [-0.15, -0.1) is 0 Å². The van der Waals surface area contributed by atoms with Crippen molar-refractivity contribution in [2.24, 2.45) is 0 Å². The Morgan fingerprint density at radius 2 is 1.14 bits per heavy atom. The van der Waals surface area contributed by atoms with Gasteiger partial charge in [-0.1, -0.05) is 60.7 Å². The molecule has 6 nitrogen and oxygen atoms in total. The number of benzene rings is 9. The third-order valence-electron chi connectivity index (χ3n) is 13.3. The van der Waals surface area contributed by atoms with Gasteiger partial charge in [-0.25, -0.2) is 0 Å². The van der Waals surface area contributed by atoms with Crippen LogP contribution in [0.5, 0.6) is 11.6 Å². The molecule has 9 aromatic carbocycles. The second kappa shape index (κ2) is 19.1. The second-order valence-corrected chi connectivity index (χ2v) is 20.0. The molecule has 1 aliphatic heterocycles. The number of pyridine rings is 1. The van der Waals surface area contributed by atoms with Gasteiger partial charge >= 0.3 is 367 Å². The first-order valence-corrected chi connectivity index (χ1v) is 25.3. The fraction of sp³-hybridized carbons (Fsp3) is 0.0769. The van der Waals surface area contributed by atoms with E-state index in [4.69, 9.17) is 17.9 Å². The molecule has 2 aromatic heterocycles. The number of nitrogens with zero attached hydrogens (tertiary/aromatic N) is 5. The van der Waals surface area contributed by atoms with E-state index in [1.54, 1.807) is 6.07 Å². The third-order valence-corrected chi connectivity index (χ3v) is 14.4. The Balaban J connectivity index is 1.09. The van der Waals surface area contributed by atoms with Crippen molar-refractivity contribution in [1.82, 2.24) is 14.1 Å². The standard InChI is InChI=1S/C65H52BN5O.Pt/c1-46-42-62(71-60-39-22-21-38-59(60)70(50-30-15-8-16-31-50)66(71)49-28-13-7-14-29-49)67-63(43-46)72-61-44-51(40-41-55(61)54-32-17-18-35-56(54)65(2,3)4)68-45-69(58-37-20-19-36-57(58)68)64-52(47-24-9-5-10-25-47)33-23-34-53(64)48-26-11-6-12-27-48;/h5-44H,1-4H3;/i1D3,5D,9D,10D,24D,25D;. The minimum absolute atomic E-state index is 0.0526. The first-order valence-electron chi connectivity index (χ1n) is 28.2. The fourth-order valence-electron chi connectivity index (χ4n) is 10.2. The van der Waals surface area contributed by atoms with Crippen molar-refractivity contribution in [3.8, 4) is 56.4 Å². The van der Waals surface area contributed by atoms with E-state index in [-0.39, 0.29) is 34.5 Å². The van der Waals surface area contributed by atoms with Crippen molar-refractivity contribution >= 4 is 46.4 Å². The van der Waals surface area contributed by atoms with Crippen molar-refractivity contribution in [2.45, 2.75) is 33.0 Å². The van der Waals surface area contributed by atoms with Crippen LogP contribution < -0.4 is 19.8 Å². The summed E-state index contributed by atoms with van der Waals surface area (Å²) in [5, 5.41) is 0. The van der Waals surface area contributed by atoms with Crippen LogP contribution in [0, 0.1) is 10.7 Å². The van der Waals surface area contributed by atoms with Crippen LogP contribution in [0.2, 0.25) is 0 Å². The summed E-state index contributed by atoms with van der Waals surface area (Å²) in [5.74, 6) is 0.878. The molecule has 356 valence electrons. The average Bonchev–Trinajstić information content (AvgIpc) is 4.02. The number of hydrogen-bond acceptors (Lipinski definition) is 4. The maximum atomic E-state index is 9.22. The van der Waals surface area contributed by atoms with Crippen LogP contribution in [0.15, 0.2) is 243 Å². The quantitative estimate of drug-likeness (QED) is 0.128. The molecule has 0 aliphatic carbocycles. The van der Waals surface area contributed by atoms with Crippen molar-refractivity contribution < 1.29 is 35.1 Å². The van der Waals surface area contributed by atoms with E-state index in [2.05, 4.69) is 101 Å². The molecule has 0 saturated heterocycles. The molecule has 73 heavy (non-hydrogen) atoms. The molecule has 8 heteroatoms. The topological polar surface area (TPSA) is 38.5 Å². The van der Waals surface area contributed by atoms with Crippen LogP contribution in [0.4, 0.5) is 22.9 Å². The molecule has 0 atom stereocenters. The summed E-state index contributed by atoms with van der Waals surface area (Å²) in [6.45, 7) is 3.48. The number of aryl methyl sites for hydroxylation is 1. The third kappa shape index (κ3) is 8.44. The summed E-state index contributed by atoms with van der Waals surface area (Å²) in [5.41, 5.74) is 11.3. The molecule has 3 heterocycles. The molecule has 0 bridgehead atoms. The van der Waals surface area contributed by atoms with Gasteiger partial charge in [0.1, 0.15) is 0 Å². The summed E-state index contributed by atoms with van der Waals surface area (Å²) in [6.07, 6.45) is 0. The number of fused-ring (bicyclic) bond motifs is 2. The molecular weight excluding hydrogens is 1070 g/mol. The number of imidazole rings is 1. The normalized spacial score (nSPS) is 14.1. The molecule has 0 unspecified atom stereocenters. The number of hydrogen-bond donors (Lipinski definition) is 0. The summed E-state index contributed by atoms with van der Waals surface area (Å²) in [7, 11) is 0. The zero-order valence-corrected chi connectivity index (χ0v) is 42.5. The minimum atomic E-state index is -2.56. The summed E-state index contributed by atoms with van der Waals surface area (Å²) < 4.78 is 83.2. The monoisotopic (exact) mass is 1130 g/mol. The van der Waals surface area contributed by atoms with E-state index in [1.807, 2.05) is 158 Å². The molecule has 1 aliphatic rings. The molecule has 12 rings (SSSR count). The van der Waals surface area contributed by atoms with Gasteiger partial charge in [0.15, 0.2) is 0 Å². The molecule has 0 N–H and O–H groups in total. The van der Waals surface area contributed by atoms with E-state index < -0.39 is 32.0 Å².